The Morgan fingerprint density at radius 3 is 2.36 bits per heavy atom. The second kappa shape index (κ2) is 14.3. The van der Waals surface area contributed by atoms with Crippen LogP contribution >= 0.6 is 11.6 Å². The van der Waals surface area contributed by atoms with Crippen LogP contribution in [0.4, 0.5) is 20.4 Å². The van der Waals surface area contributed by atoms with Gasteiger partial charge in [0.15, 0.2) is 5.82 Å². The van der Waals surface area contributed by atoms with Crippen molar-refractivity contribution in [3.63, 3.8) is 0 Å². The van der Waals surface area contributed by atoms with Gasteiger partial charge < -0.3 is 25.2 Å². The zero-order valence-corrected chi connectivity index (χ0v) is 27.1. The first-order valence-corrected chi connectivity index (χ1v) is 15.4. The monoisotopic (exact) mass is 660 g/mol. The molecule has 2 heterocycles. The Labute approximate surface area is 276 Å². The average Bonchev–Trinajstić information content (AvgIpc) is 3.42. The van der Waals surface area contributed by atoms with E-state index in [4.69, 9.17) is 11.6 Å². The number of aromatic nitrogens is 3. The van der Waals surface area contributed by atoms with Crippen LogP contribution in [0, 0.1) is 5.82 Å². The van der Waals surface area contributed by atoms with Gasteiger partial charge in [-0.05, 0) is 50.6 Å². The molecule has 0 bridgehead atoms. The molecule has 2 amide bonds. The number of carbonyl (C=O) groups excluding carboxylic acids is 2. The molecule has 5 aromatic rings. The molecule has 0 aliphatic rings. The van der Waals surface area contributed by atoms with Gasteiger partial charge in [0.25, 0.3) is 0 Å². The van der Waals surface area contributed by atoms with E-state index in [1.54, 1.807) is 73.5 Å². The minimum atomic E-state index is -1.44. The predicted molar refractivity (Wildman–Crippen MR) is 180 cm³/mol. The van der Waals surface area contributed by atoms with Gasteiger partial charge >= 0.3 is 0 Å². The normalized spacial score (nSPS) is 13.2. The third-order valence-corrected chi connectivity index (χ3v) is 8.24. The third kappa shape index (κ3) is 7.26. The number of hydrogen-bond acceptors (Lipinski definition) is 6. The molecule has 244 valence electrons. The van der Waals surface area contributed by atoms with Gasteiger partial charge in [-0.1, -0.05) is 48.0 Å². The van der Waals surface area contributed by atoms with Crippen LogP contribution in [0.25, 0.3) is 33.2 Å². The summed E-state index contributed by atoms with van der Waals surface area (Å²) in [6.45, 7) is 3.80. The lowest BCUT2D eigenvalue weighted by Gasteiger charge is -2.29. The third-order valence-electron chi connectivity index (χ3n) is 7.91. The van der Waals surface area contributed by atoms with Gasteiger partial charge in [0.2, 0.25) is 17.8 Å². The average molecular weight is 661 g/mol. The first-order chi connectivity index (χ1) is 22.5. The Morgan fingerprint density at radius 2 is 1.70 bits per heavy atom. The number of benzene rings is 3. The molecular formula is C35H35ClF2N6O3. The van der Waals surface area contributed by atoms with Crippen molar-refractivity contribution in [2.24, 2.45) is 0 Å². The fraction of sp³-hybridized carbons (Fsp3) is 0.257. The number of rotatable bonds is 11. The molecule has 0 aliphatic heterocycles. The smallest absolute Gasteiger partial charge is 0.246 e. The van der Waals surface area contributed by atoms with Crippen LogP contribution in [-0.4, -0.2) is 62.2 Å². The topological polar surface area (TPSA) is 112 Å². The van der Waals surface area contributed by atoms with E-state index >= 15 is 4.39 Å². The van der Waals surface area contributed by atoms with E-state index in [9.17, 15) is 19.1 Å². The van der Waals surface area contributed by atoms with Crippen LogP contribution in [0.5, 0.6) is 0 Å². The molecule has 0 aliphatic carbocycles. The molecule has 3 atom stereocenters. The first kappa shape index (κ1) is 33.5. The van der Waals surface area contributed by atoms with Gasteiger partial charge in [-0.3, -0.25) is 9.59 Å². The van der Waals surface area contributed by atoms with Crippen molar-refractivity contribution in [3.8, 4) is 22.3 Å². The van der Waals surface area contributed by atoms with Gasteiger partial charge in [-0.2, -0.15) is 0 Å². The van der Waals surface area contributed by atoms with E-state index in [-0.39, 0.29) is 24.3 Å². The second-order valence-corrected chi connectivity index (χ2v) is 11.7. The van der Waals surface area contributed by atoms with E-state index in [2.05, 4.69) is 20.6 Å². The molecule has 9 nitrogen and oxygen atoms in total. The minimum Gasteiger partial charge on any atom is -0.389 e. The SMILES string of the molecule is CNc1ncc(-c2ccc3c(c2)c(C(C)O)cn3CC(=O)N(C[C@@H](C)F)[C@@H](C)C(=O)Nc2cccc(-c3ccccc3Cl)c2F)cn1. The van der Waals surface area contributed by atoms with Crippen LogP contribution in [-0.2, 0) is 16.1 Å². The number of amides is 2. The van der Waals surface area contributed by atoms with Crippen molar-refractivity contribution in [2.75, 3.05) is 24.2 Å². The Morgan fingerprint density at radius 1 is 1.00 bits per heavy atom. The number of halogens is 3. The van der Waals surface area contributed by atoms with Crippen LogP contribution in [0.15, 0.2) is 79.3 Å². The Hall–Kier alpha value is -4.87. The molecule has 0 radical (unpaired) electrons. The van der Waals surface area contributed by atoms with Gasteiger partial charge in [0, 0.05) is 63.8 Å². The second-order valence-electron chi connectivity index (χ2n) is 11.3. The Balaban J connectivity index is 1.40. The predicted octanol–water partition coefficient (Wildman–Crippen LogP) is 6.87. The zero-order chi connectivity index (χ0) is 33.8. The summed E-state index contributed by atoms with van der Waals surface area (Å²) in [4.78, 5) is 36.8. The lowest BCUT2D eigenvalue weighted by Crippen LogP contribution is -2.49. The fourth-order valence-electron chi connectivity index (χ4n) is 5.45. The highest BCUT2D eigenvalue weighted by molar-refractivity contribution is 6.33. The minimum absolute atomic E-state index is 0.0975. The molecule has 47 heavy (non-hydrogen) atoms. The molecule has 2 aromatic heterocycles. The summed E-state index contributed by atoms with van der Waals surface area (Å²) in [5.41, 5.74) is 3.40. The van der Waals surface area contributed by atoms with E-state index in [0.717, 1.165) is 16.0 Å². The summed E-state index contributed by atoms with van der Waals surface area (Å²) in [6.07, 6.45) is 2.75. The molecule has 5 rings (SSSR count). The summed E-state index contributed by atoms with van der Waals surface area (Å²) < 4.78 is 31.6. The van der Waals surface area contributed by atoms with E-state index in [0.29, 0.717) is 33.0 Å². The van der Waals surface area contributed by atoms with Gasteiger partial charge in [0.1, 0.15) is 18.8 Å². The lowest BCUT2D eigenvalue weighted by atomic mass is 10.0. The maximum Gasteiger partial charge on any atom is 0.246 e. The van der Waals surface area contributed by atoms with Crippen molar-refractivity contribution in [1.29, 1.82) is 0 Å². The molecule has 12 heteroatoms. The summed E-state index contributed by atoms with van der Waals surface area (Å²) in [5, 5.41) is 17.1. The van der Waals surface area contributed by atoms with Crippen molar-refractivity contribution < 1.29 is 23.5 Å². The summed E-state index contributed by atoms with van der Waals surface area (Å²) in [5.74, 6) is -1.43. The molecule has 0 saturated carbocycles. The quantitative estimate of drug-likeness (QED) is 0.143. The van der Waals surface area contributed by atoms with Crippen LogP contribution in [0.1, 0.15) is 32.4 Å². The maximum absolute atomic E-state index is 15.6. The van der Waals surface area contributed by atoms with E-state index < -0.39 is 35.9 Å². The van der Waals surface area contributed by atoms with Gasteiger partial charge in [-0.25, -0.2) is 18.7 Å². The number of aliphatic hydroxyl groups excluding tert-OH is 1. The zero-order valence-electron chi connectivity index (χ0n) is 26.3. The number of hydrogen-bond donors (Lipinski definition) is 3. The number of nitrogens with zero attached hydrogens (tertiary/aromatic N) is 4. The van der Waals surface area contributed by atoms with Crippen LogP contribution < -0.4 is 10.6 Å². The number of fused-ring (bicyclic) bond motifs is 1. The van der Waals surface area contributed by atoms with Crippen molar-refractivity contribution in [3.05, 3.63) is 95.7 Å². The summed E-state index contributed by atoms with van der Waals surface area (Å²) in [6, 6.07) is 15.7. The Kier molecular flexibility index (Phi) is 10.2. The Bertz CT molecular complexity index is 1910. The fourth-order valence-corrected chi connectivity index (χ4v) is 5.69. The molecule has 3 aromatic carbocycles. The number of alkyl halides is 1. The maximum atomic E-state index is 15.6. The summed E-state index contributed by atoms with van der Waals surface area (Å²) >= 11 is 6.27. The number of anilines is 2. The largest absolute Gasteiger partial charge is 0.389 e. The molecule has 0 fully saturated rings. The van der Waals surface area contributed by atoms with E-state index in [1.165, 1.54) is 19.9 Å². The number of aliphatic hydroxyl groups is 1. The molecule has 0 saturated heterocycles. The number of carbonyl (C=O) groups is 2. The van der Waals surface area contributed by atoms with Gasteiger partial charge in [0.05, 0.1) is 18.3 Å². The highest BCUT2D eigenvalue weighted by Gasteiger charge is 2.29. The molecule has 3 N–H and O–H groups in total. The highest BCUT2D eigenvalue weighted by atomic mass is 35.5. The van der Waals surface area contributed by atoms with Crippen LogP contribution in [0.3, 0.4) is 0 Å². The van der Waals surface area contributed by atoms with Crippen molar-refractivity contribution in [1.82, 2.24) is 19.4 Å². The highest BCUT2D eigenvalue weighted by Crippen LogP contribution is 2.33. The van der Waals surface area contributed by atoms with Gasteiger partial charge in [-0.15, -0.1) is 0 Å². The van der Waals surface area contributed by atoms with Crippen molar-refractivity contribution in [2.45, 2.75) is 45.6 Å². The van der Waals surface area contributed by atoms with Crippen molar-refractivity contribution >= 4 is 46.0 Å². The standard InChI is InChI=1S/C35H35ClF2N6O3/c1-20(37)17-44(21(2)34(47)42-30-11-7-9-26(33(30)38)25-8-5-6-10-29(25)36)32(46)19-43-18-28(22(3)45)27-14-23(12-13-31(27)43)24-15-40-35(39-4)41-16-24/h5-16,18,20-22,45H,17,19H2,1-4H3,(H,42,47)(H,39,40,41)/t20-,21+,22?/m1/s1. The van der Waals surface area contributed by atoms with E-state index in [1.807, 2.05) is 18.2 Å². The molecule has 1 unspecified atom stereocenters. The lowest BCUT2D eigenvalue weighted by molar-refractivity contribution is -0.139. The first-order valence-electron chi connectivity index (χ1n) is 15.1. The molecular weight excluding hydrogens is 626 g/mol. The number of nitrogens with one attached hydrogen (secondary N) is 2. The molecule has 0 spiro atoms. The summed E-state index contributed by atoms with van der Waals surface area (Å²) in [7, 11) is 1.73. The van der Waals surface area contributed by atoms with Crippen LogP contribution in [0.2, 0.25) is 5.02 Å².